The average Bonchev–Trinajstić information content (AvgIpc) is 2.71. The molecule has 0 fully saturated rings. The standard InChI is InChI=1S/C20H25F2N3O3/c1-23-20(24-10-9-14-5-4-6-16(11-14)26-2)25-13-15-12-17(27-3)7-8-18(15)28-19(21)22/h4-8,11-12,19H,9-10,13H2,1-3H3,(H2,23,24,25). The SMILES string of the molecule is CN=C(NCCc1cccc(OC)c1)NCc1cc(OC)ccc1OC(F)F. The molecule has 6 nitrogen and oxygen atoms in total. The van der Waals surface area contributed by atoms with Crippen LogP contribution in [0.25, 0.3) is 0 Å². The Hall–Kier alpha value is -3.03. The van der Waals surface area contributed by atoms with Crippen molar-refractivity contribution >= 4 is 5.96 Å². The molecule has 0 saturated heterocycles. The van der Waals surface area contributed by atoms with Gasteiger partial charge in [-0.2, -0.15) is 8.78 Å². The Morgan fingerprint density at radius 2 is 1.79 bits per heavy atom. The summed E-state index contributed by atoms with van der Waals surface area (Å²) in [6, 6.07) is 12.5. The summed E-state index contributed by atoms with van der Waals surface area (Å²) in [6.45, 7) is -2.00. The molecular weight excluding hydrogens is 368 g/mol. The van der Waals surface area contributed by atoms with Crippen LogP contribution in [0, 0.1) is 0 Å². The van der Waals surface area contributed by atoms with E-state index in [0.29, 0.717) is 23.8 Å². The Balaban J connectivity index is 1.92. The second-order valence-corrected chi connectivity index (χ2v) is 5.81. The van der Waals surface area contributed by atoms with Crippen molar-refractivity contribution in [3.8, 4) is 17.2 Å². The molecule has 2 aromatic rings. The summed E-state index contributed by atoms with van der Waals surface area (Å²) in [6.07, 6.45) is 0.775. The van der Waals surface area contributed by atoms with E-state index in [4.69, 9.17) is 9.47 Å². The van der Waals surface area contributed by atoms with Gasteiger partial charge in [0.25, 0.3) is 0 Å². The molecule has 8 heteroatoms. The Labute approximate surface area is 163 Å². The van der Waals surface area contributed by atoms with Gasteiger partial charge < -0.3 is 24.8 Å². The molecule has 2 rings (SSSR count). The molecule has 0 atom stereocenters. The minimum atomic E-state index is -2.90. The molecule has 0 heterocycles. The van der Waals surface area contributed by atoms with Crippen molar-refractivity contribution in [1.29, 1.82) is 0 Å². The first-order chi connectivity index (χ1) is 13.5. The van der Waals surface area contributed by atoms with E-state index in [1.54, 1.807) is 26.3 Å². The smallest absolute Gasteiger partial charge is 0.387 e. The quantitative estimate of drug-likeness (QED) is 0.506. The van der Waals surface area contributed by atoms with Crippen LogP contribution < -0.4 is 24.8 Å². The number of benzene rings is 2. The molecule has 0 radical (unpaired) electrons. The van der Waals surface area contributed by atoms with Crippen LogP contribution in [0.15, 0.2) is 47.5 Å². The lowest BCUT2D eigenvalue weighted by molar-refractivity contribution is -0.0504. The van der Waals surface area contributed by atoms with Gasteiger partial charge in [0.1, 0.15) is 17.2 Å². The maximum atomic E-state index is 12.6. The molecule has 2 N–H and O–H groups in total. The molecule has 0 bridgehead atoms. The zero-order valence-corrected chi connectivity index (χ0v) is 16.2. The predicted octanol–water partition coefficient (Wildman–Crippen LogP) is 3.21. The van der Waals surface area contributed by atoms with Gasteiger partial charge in [-0.05, 0) is 42.3 Å². The van der Waals surface area contributed by atoms with Crippen LogP contribution in [-0.2, 0) is 13.0 Å². The first-order valence-electron chi connectivity index (χ1n) is 8.75. The van der Waals surface area contributed by atoms with E-state index in [-0.39, 0.29) is 12.3 Å². The lowest BCUT2D eigenvalue weighted by Gasteiger charge is -2.15. The van der Waals surface area contributed by atoms with Crippen molar-refractivity contribution in [1.82, 2.24) is 10.6 Å². The second kappa shape index (κ2) is 11.0. The number of hydrogen-bond donors (Lipinski definition) is 2. The molecule has 2 aromatic carbocycles. The third kappa shape index (κ3) is 6.61. The van der Waals surface area contributed by atoms with E-state index in [2.05, 4.69) is 20.4 Å². The van der Waals surface area contributed by atoms with E-state index >= 15 is 0 Å². The van der Waals surface area contributed by atoms with Crippen LogP contribution in [-0.4, -0.2) is 40.4 Å². The monoisotopic (exact) mass is 393 g/mol. The summed E-state index contributed by atoms with van der Waals surface area (Å²) >= 11 is 0. The molecule has 0 saturated carbocycles. The van der Waals surface area contributed by atoms with E-state index in [9.17, 15) is 8.78 Å². The fraction of sp³-hybridized carbons (Fsp3) is 0.350. The van der Waals surface area contributed by atoms with E-state index in [1.165, 1.54) is 13.2 Å². The Kier molecular flexibility index (Phi) is 8.33. The van der Waals surface area contributed by atoms with Crippen LogP contribution in [0.2, 0.25) is 0 Å². The van der Waals surface area contributed by atoms with Gasteiger partial charge >= 0.3 is 6.61 Å². The van der Waals surface area contributed by atoms with Crippen LogP contribution in [0.1, 0.15) is 11.1 Å². The number of alkyl halides is 2. The molecular formula is C20H25F2N3O3. The summed E-state index contributed by atoms with van der Waals surface area (Å²) in [4.78, 5) is 4.15. The molecule has 0 aliphatic heterocycles. The molecule has 0 aromatic heterocycles. The van der Waals surface area contributed by atoms with Crippen LogP contribution in [0.3, 0.4) is 0 Å². The van der Waals surface area contributed by atoms with Crippen LogP contribution in [0.4, 0.5) is 8.78 Å². The van der Waals surface area contributed by atoms with Crippen molar-refractivity contribution < 1.29 is 23.0 Å². The molecule has 0 aliphatic rings. The lowest BCUT2D eigenvalue weighted by atomic mass is 10.1. The Morgan fingerprint density at radius 1 is 1.04 bits per heavy atom. The van der Waals surface area contributed by atoms with Crippen molar-refractivity contribution in [3.63, 3.8) is 0 Å². The molecule has 0 spiro atoms. The number of halogens is 2. The third-order valence-corrected chi connectivity index (χ3v) is 3.99. The number of guanidine groups is 1. The lowest BCUT2D eigenvalue weighted by Crippen LogP contribution is -2.38. The molecule has 152 valence electrons. The number of nitrogens with one attached hydrogen (secondary N) is 2. The largest absolute Gasteiger partial charge is 0.497 e. The van der Waals surface area contributed by atoms with Gasteiger partial charge in [0, 0.05) is 25.7 Å². The van der Waals surface area contributed by atoms with Crippen LogP contribution in [0.5, 0.6) is 17.2 Å². The van der Waals surface area contributed by atoms with E-state index in [0.717, 1.165) is 17.7 Å². The minimum absolute atomic E-state index is 0.0927. The topological polar surface area (TPSA) is 64.1 Å². The summed E-state index contributed by atoms with van der Waals surface area (Å²) < 4.78 is 40.2. The second-order valence-electron chi connectivity index (χ2n) is 5.81. The highest BCUT2D eigenvalue weighted by Gasteiger charge is 2.11. The molecule has 0 amide bonds. The summed E-state index contributed by atoms with van der Waals surface area (Å²) in [5, 5.41) is 6.29. The van der Waals surface area contributed by atoms with Gasteiger partial charge in [0.15, 0.2) is 5.96 Å². The first-order valence-corrected chi connectivity index (χ1v) is 8.75. The average molecular weight is 393 g/mol. The number of ether oxygens (including phenoxy) is 3. The number of rotatable bonds is 9. The highest BCUT2D eigenvalue weighted by molar-refractivity contribution is 5.79. The van der Waals surface area contributed by atoms with Crippen molar-refractivity contribution in [2.24, 2.45) is 4.99 Å². The number of methoxy groups -OCH3 is 2. The number of hydrogen-bond acceptors (Lipinski definition) is 4. The number of aliphatic imine (C=N–C) groups is 1. The highest BCUT2D eigenvalue weighted by Crippen LogP contribution is 2.25. The van der Waals surface area contributed by atoms with Gasteiger partial charge in [-0.25, -0.2) is 0 Å². The number of nitrogens with zero attached hydrogens (tertiary/aromatic N) is 1. The Bertz CT molecular complexity index is 785. The third-order valence-electron chi connectivity index (χ3n) is 3.99. The van der Waals surface area contributed by atoms with Gasteiger partial charge in [0.05, 0.1) is 14.2 Å². The fourth-order valence-corrected chi connectivity index (χ4v) is 2.58. The van der Waals surface area contributed by atoms with Gasteiger partial charge in [0.2, 0.25) is 0 Å². The highest BCUT2D eigenvalue weighted by atomic mass is 19.3. The van der Waals surface area contributed by atoms with Gasteiger partial charge in [-0.1, -0.05) is 12.1 Å². The zero-order chi connectivity index (χ0) is 20.4. The Morgan fingerprint density at radius 3 is 2.46 bits per heavy atom. The summed E-state index contributed by atoms with van der Waals surface area (Å²) in [5.74, 6) is 2.01. The van der Waals surface area contributed by atoms with Gasteiger partial charge in [-0.15, -0.1) is 0 Å². The van der Waals surface area contributed by atoms with Gasteiger partial charge in [-0.3, -0.25) is 4.99 Å². The normalized spacial score (nSPS) is 11.3. The minimum Gasteiger partial charge on any atom is -0.497 e. The van der Waals surface area contributed by atoms with Crippen molar-refractivity contribution in [2.75, 3.05) is 27.8 Å². The molecule has 0 unspecified atom stereocenters. The molecule has 28 heavy (non-hydrogen) atoms. The summed E-state index contributed by atoms with van der Waals surface area (Å²) in [5.41, 5.74) is 1.66. The zero-order valence-electron chi connectivity index (χ0n) is 16.2. The summed E-state index contributed by atoms with van der Waals surface area (Å²) in [7, 11) is 4.79. The van der Waals surface area contributed by atoms with Crippen LogP contribution >= 0.6 is 0 Å². The maximum absolute atomic E-state index is 12.6. The van der Waals surface area contributed by atoms with Crippen molar-refractivity contribution in [2.45, 2.75) is 19.6 Å². The molecule has 0 aliphatic carbocycles. The van der Waals surface area contributed by atoms with Crippen molar-refractivity contribution in [3.05, 3.63) is 53.6 Å². The maximum Gasteiger partial charge on any atom is 0.387 e. The predicted molar refractivity (Wildman–Crippen MR) is 105 cm³/mol. The van der Waals surface area contributed by atoms with E-state index in [1.807, 2.05) is 24.3 Å². The first kappa shape index (κ1) is 21.3. The van der Waals surface area contributed by atoms with E-state index < -0.39 is 6.61 Å². The fourth-order valence-electron chi connectivity index (χ4n) is 2.58.